The lowest BCUT2D eigenvalue weighted by atomic mass is 9.88. The molecule has 0 N–H and O–H groups in total. The molecule has 4 heteroatoms. The molecule has 1 heterocycles. The molecule has 1 fully saturated rings. The Hall–Kier alpha value is -1.55. The molecule has 1 saturated heterocycles. The Morgan fingerprint density at radius 1 is 1.28 bits per heavy atom. The zero-order valence-electron chi connectivity index (χ0n) is 11.1. The van der Waals surface area contributed by atoms with Crippen molar-refractivity contribution in [3.05, 3.63) is 29.8 Å². The molecule has 0 bridgehead atoms. The molecule has 4 nitrogen and oxygen atoms in total. The second-order valence-corrected chi connectivity index (χ2v) is 4.70. The van der Waals surface area contributed by atoms with Gasteiger partial charge in [0.15, 0.2) is 0 Å². The molecule has 1 aromatic rings. The highest BCUT2D eigenvalue weighted by molar-refractivity contribution is 5.74. The summed E-state index contributed by atoms with van der Waals surface area (Å²) in [4.78, 5) is 14.0. The average Bonchev–Trinajstić information content (AvgIpc) is 2.79. The van der Waals surface area contributed by atoms with Crippen LogP contribution < -0.4 is 4.74 Å². The van der Waals surface area contributed by atoms with Crippen LogP contribution in [0.4, 0.5) is 0 Å². The van der Waals surface area contributed by atoms with Crippen LogP contribution in [0.1, 0.15) is 11.5 Å². The number of para-hydroxylation sites is 1. The highest BCUT2D eigenvalue weighted by Gasteiger charge is 2.38. The van der Waals surface area contributed by atoms with E-state index in [1.807, 2.05) is 31.3 Å². The standard InChI is InChI=1S/C14H19NO3/c1-15-8-11(12(9-15)14(16)18-3)10-6-4-5-7-13(10)17-2/h4-7,11-12H,8-9H2,1-3H3. The van der Waals surface area contributed by atoms with Gasteiger partial charge in [0.25, 0.3) is 0 Å². The molecular weight excluding hydrogens is 230 g/mol. The van der Waals surface area contributed by atoms with Crippen molar-refractivity contribution in [1.29, 1.82) is 0 Å². The third kappa shape index (κ3) is 2.34. The van der Waals surface area contributed by atoms with Gasteiger partial charge in [-0.2, -0.15) is 0 Å². The largest absolute Gasteiger partial charge is 0.496 e. The second kappa shape index (κ2) is 5.40. The van der Waals surface area contributed by atoms with Gasteiger partial charge in [-0.3, -0.25) is 4.79 Å². The highest BCUT2D eigenvalue weighted by Crippen LogP contribution is 2.37. The van der Waals surface area contributed by atoms with E-state index in [2.05, 4.69) is 4.90 Å². The lowest BCUT2D eigenvalue weighted by Gasteiger charge is -2.19. The summed E-state index contributed by atoms with van der Waals surface area (Å²) in [6.45, 7) is 1.58. The number of nitrogens with zero attached hydrogens (tertiary/aromatic N) is 1. The monoisotopic (exact) mass is 249 g/mol. The summed E-state index contributed by atoms with van der Waals surface area (Å²) in [7, 11) is 5.12. The van der Waals surface area contributed by atoms with Crippen molar-refractivity contribution in [2.45, 2.75) is 5.92 Å². The number of rotatable bonds is 3. The van der Waals surface area contributed by atoms with Gasteiger partial charge in [-0.25, -0.2) is 0 Å². The smallest absolute Gasteiger partial charge is 0.310 e. The number of carbonyl (C=O) groups excluding carboxylic acids is 1. The molecule has 2 rings (SSSR count). The maximum absolute atomic E-state index is 11.9. The maximum Gasteiger partial charge on any atom is 0.310 e. The van der Waals surface area contributed by atoms with Crippen molar-refractivity contribution in [1.82, 2.24) is 4.90 Å². The minimum absolute atomic E-state index is 0.115. The van der Waals surface area contributed by atoms with Crippen LogP contribution >= 0.6 is 0 Å². The summed E-state index contributed by atoms with van der Waals surface area (Å²) in [5, 5.41) is 0. The molecule has 1 aliphatic rings. The Morgan fingerprint density at radius 3 is 2.67 bits per heavy atom. The fraction of sp³-hybridized carbons (Fsp3) is 0.500. The van der Waals surface area contributed by atoms with E-state index in [0.717, 1.165) is 24.4 Å². The van der Waals surface area contributed by atoms with E-state index in [1.54, 1.807) is 7.11 Å². The maximum atomic E-state index is 11.9. The molecule has 0 spiro atoms. The zero-order valence-corrected chi connectivity index (χ0v) is 11.1. The van der Waals surface area contributed by atoms with Crippen molar-refractivity contribution >= 4 is 5.97 Å². The fourth-order valence-electron chi connectivity index (χ4n) is 2.68. The van der Waals surface area contributed by atoms with E-state index in [4.69, 9.17) is 9.47 Å². The number of likely N-dealkylation sites (tertiary alicyclic amines) is 1. The van der Waals surface area contributed by atoms with Crippen LogP contribution in [0.25, 0.3) is 0 Å². The first kappa shape index (κ1) is 12.9. The van der Waals surface area contributed by atoms with Crippen LogP contribution in [0, 0.1) is 5.92 Å². The molecule has 2 atom stereocenters. The second-order valence-electron chi connectivity index (χ2n) is 4.70. The number of ether oxygens (including phenoxy) is 2. The predicted molar refractivity (Wildman–Crippen MR) is 68.7 cm³/mol. The minimum atomic E-state index is -0.143. The lowest BCUT2D eigenvalue weighted by Crippen LogP contribution is -2.23. The van der Waals surface area contributed by atoms with Crippen molar-refractivity contribution in [2.24, 2.45) is 5.92 Å². The molecule has 0 aliphatic carbocycles. The van der Waals surface area contributed by atoms with Crippen LogP contribution in [-0.2, 0) is 9.53 Å². The number of likely N-dealkylation sites (N-methyl/N-ethyl adjacent to an activating group) is 1. The molecular formula is C14H19NO3. The molecule has 2 unspecified atom stereocenters. The van der Waals surface area contributed by atoms with E-state index in [9.17, 15) is 4.79 Å². The van der Waals surface area contributed by atoms with Gasteiger partial charge >= 0.3 is 5.97 Å². The molecule has 0 amide bonds. The zero-order chi connectivity index (χ0) is 13.1. The third-order valence-corrected chi connectivity index (χ3v) is 3.54. The van der Waals surface area contributed by atoms with E-state index < -0.39 is 0 Å². The van der Waals surface area contributed by atoms with Gasteiger partial charge in [0.2, 0.25) is 0 Å². The first-order chi connectivity index (χ1) is 8.67. The van der Waals surface area contributed by atoms with Crippen molar-refractivity contribution in [3.8, 4) is 5.75 Å². The molecule has 18 heavy (non-hydrogen) atoms. The summed E-state index contributed by atoms with van der Waals surface area (Å²) in [6, 6.07) is 7.87. The van der Waals surface area contributed by atoms with Gasteiger partial charge in [-0.05, 0) is 18.7 Å². The number of hydrogen-bond acceptors (Lipinski definition) is 4. The van der Waals surface area contributed by atoms with Crippen LogP contribution in [-0.4, -0.2) is 45.2 Å². The SMILES string of the molecule is COC(=O)C1CN(C)CC1c1ccccc1OC. The molecule has 98 valence electrons. The van der Waals surface area contributed by atoms with Gasteiger partial charge in [0.1, 0.15) is 5.75 Å². The van der Waals surface area contributed by atoms with Crippen LogP contribution in [0.15, 0.2) is 24.3 Å². The van der Waals surface area contributed by atoms with E-state index >= 15 is 0 Å². The number of benzene rings is 1. The summed E-state index contributed by atoms with van der Waals surface area (Å²) < 4.78 is 10.3. The van der Waals surface area contributed by atoms with Crippen LogP contribution in [0.3, 0.4) is 0 Å². The summed E-state index contributed by atoms with van der Waals surface area (Å²) >= 11 is 0. The molecule has 0 saturated carbocycles. The fourth-order valence-corrected chi connectivity index (χ4v) is 2.68. The van der Waals surface area contributed by atoms with Crippen molar-refractivity contribution in [2.75, 3.05) is 34.4 Å². The summed E-state index contributed by atoms with van der Waals surface area (Å²) in [5.74, 6) is 0.719. The molecule has 0 aromatic heterocycles. The van der Waals surface area contributed by atoms with E-state index in [0.29, 0.717) is 0 Å². The molecule has 1 aromatic carbocycles. The topological polar surface area (TPSA) is 38.8 Å². The van der Waals surface area contributed by atoms with E-state index in [1.165, 1.54) is 7.11 Å². The van der Waals surface area contributed by atoms with Gasteiger partial charge in [-0.15, -0.1) is 0 Å². The number of methoxy groups -OCH3 is 2. The van der Waals surface area contributed by atoms with E-state index in [-0.39, 0.29) is 17.8 Å². The first-order valence-corrected chi connectivity index (χ1v) is 6.06. The van der Waals surface area contributed by atoms with Crippen LogP contribution in [0.2, 0.25) is 0 Å². The summed E-state index contributed by atoms with van der Waals surface area (Å²) in [5.41, 5.74) is 1.08. The normalized spacial score (nSPS) is 23.9. The van der Waals surface area contributed by atoms with Gasteiger partial charge in [-0.1, -0.05) is 18.2 Å². The number of carbonyl (C=O) groups is 1. The Morgan fingerprint density at radius 2 is 2.00 bits per heavy atom. The molecule has 0 radical (unpaired) electrons. The van der Waals surface area contributed by atoms with Gasteiger partial charge in [0.05, 0.1) is 20.1 Å². The first-order valence-electron chi connectivity index (χ1n) is 6.06. The molecule has 1 aliphatic heterocycles. The number of hydrogen-bond donors (Lipinski definition) is 0. The minimum Gasteiger partial charge on any atom is -0.496 e. The Kier molecular flexibility index (Phi) is 3.87. The van der Waals surface area contributed by atoms with Gasteiger partial charge < -0.3 is 14.4 Å². The summed E-state index contributed by atoms with van der Waals surface area (Å²) in [6.07, 6.45) is 0. The number of esters is 1. The predicted octanol–water partition coefficient (Wildman–Crippen LogP) is 1.51. The third-order valence-electron chi connectivity index (χ3n) is 3.54. The lowest BCUT2D eigenvalue weighted by molar-refractivity contribution is -0.145. The van der Waals surface area contributed by atoms with Crippen LogP contribution in [0.5, 0.6) is 5.75 Å². The van der Waals surface area contributed by atoms with Gasteiger partial charge in [0, 0.05) is 19.0 Å². The van der Waals surface area contributed by atoms with Crippen molar-refractivity contribution in [3.63, 3.8) is 0 Å². The Labute approximate surface area is 107 Å². The Bertz CT molecular complexity index is 433. The average molecular weight is 249 g/mol. The quantitative estimate of drug-likeness (QED) is 0.761. The van der Waals surface area contributed by atoms with Crippen molar-refractivity contribution < 1.29 is 14.3 Å². The Balaban J connectivity index is 2.32. The highest BCUT2D eigenvalue weighted by atomic mass is 16.5.